The lowest BCUT2D eigenvalue weighted by Crippen LogP contribution is -2.35. The molecule has 0 aromatic heterocycles. The fourth-order valence-electron chi connectivity index (χ4n) is 1.82. The molecule has 0 aliphatic rings. The van der Waals surface area contributed by atoms with Gasteiger partial charge in [-0.25, -0.2) is 0 Å². The Hall–Kier alpha value is -1.63. The Labute approximate surface area is 135 Å². The summed E-state index contributed by atoms with van der Waals surface area (Å²) in [5.74, 6) is -0.558. The molecule has 6 nitrogen and oxygen atoms in total. The maximum Gasteiger partial charge on any atom is 0.252 e. The zero-order valence-corrected chi connectivity index (χ0v) is 13.6. The van der Waals surface area contributed by atoms with E-state index >= 15 is 0 Å². The molecule has 1 aromatic carbocycles. The molecule has 0 aliphatic carbocycles. The summed E-state index contributed by atoms with van der Waals surface area (Å²) in [4.78, 5) is 23.7. The van der Waals surface area contributed by atoms with Crippen molar-refractivity contribution in [3.63, 3.8) is 0 Å². The Morgan fingerprint density at radius 1 is 1.41 bits per heavy atom. The smallest absolute Gasteiger partial charge is 0.252 e. The molecule has 122 valence electrons. The number of halogens is 1. The fraction of sp³-hybridized carbons (Fsp3) is 0.467. The van der Waals surface area contributed by atoms with E-state index in [2.05, 4.69) is 10.6 Å². The minimum Gasteiger partial charge on any atom is -0.383 e. The van der Waals surface area contributed by atoms with Gasteiger partial charge in [-0.15, -0.1) is 0 Å². The highest BCUT2D eigenvalue weighted by atomic mass is 35.5. The van der Waals surface area contributed by atoms with Gasteiger partial charge in [0.1, 0.15) is 0 Å². The van der Waals surface area contributed by atoms with E-state index in [1.165, 1.54) is 6.07 Å². The number of hydrogen-bond acceptors (Lipinski definition) is 4. The van der Waals surface area contributed by atoms with Crippen molar-refractivity contribution in [1.82, 2.24) is 5.32 Å². The van der Waals surface area contributed by atoms with Crippen molar-refractivity contribution in [3.8, 4) is 0 Å². The number of anilines is 1. The fourth-order valence-corrected chi connectivity index (χ4v) is 2.08. The van der Waals surface area contributed by atoms with E-state index in [1.54, 1.807) is 19.2 Å². The lowest BCUT2D eigenvalue weighted by Gasteiger charge is -2.12. The molecule has 4 N–H and O–H groups in total. The van der Waals surface area contributed by atoms with E-state index in [1.807, 2.05) is 6.92 Å². The molecule has 7 heteroatoms. The number of nitrogens with one attached hydrogen (secondary N) is 2. The summed E-state index contributed by atoms with van der Waals surface area (Å²) in [7, 11) is 1.56. The van der Waals surface area contributed by atoms with Crippen molar-refractivity contribution >= 4 is 29.1 Å². The molecule has 22 heavy (non-hydrogen) atoms. The van der Waals surface area contributed by atoms with Crippen LogP contribution in [0.25, 0.3) is 0 Å². The third kappa shape index (κ3) is 5.63. The standard InChI is InChI=1S/C15H22ClN3O3/c1-3-4-13(17)15(21)19-10-5-6-11(12(16)9-10)14(20)18-7-8-22-2/h5-6,9,13H,3-4,7-8,17H2,1-2H3,(H,18,20)(H,19,21). The molecule has 0 fully saturated rings. The predicted octanol–water partition coefficient (Wildman–Crippen LogP) is 1.78. The monoisotopic (exact) mass is 327 g/mol. The van der Waals surface area contributed by atoms with E-state index in [9.17, 15) is 9.59 Å². The van der Waals surface area contributed by atoms with E-state index in [0.717, 1.165) is 6.42 Å². The summed E-state index contributed by atoms with van der Waals surface area (Å²) in [6.45, 7) is 2.78. The van der Waals surface area contributed by atoms with Crippen molar-refractivity contribution in [2.75, 3.05) is 25.6 Å². The van der Waals surface area contributed by atoms with Crippen LogP contribution in [0, 0.1) is 0 Å². The number of carbonyl (C=O) groups excluding carboxylic acids is 2. The number of amides is 2. The largest absolute Gasteiger partial charge is 0.383 e. The van der Waals surface area contributed by atoms with Crippen LogP contribution < -0.4 is 16.4 Å². The van der Waals surface area contributed by atoms with Crippen LogP contribution in [0.4, 0.5) is 5.69 Å². The number of benzene rings is 1. The molecule has 0 aliphatic heterocycles. The Balaban J connectivity index is 2.69. The SMILES string of the molecule is CCCC(N)C(=O)Nc1ccc(C(=O)NCCOC)c(Cl)c1. The van der Waals surface area contributed by atoms with Gasteiger partial charge in [-0.2, -0.15) is 0 Å². The quantitative estimate of drug-likeness (QED) is 0.634. The molecule has 0 bridgehead atoms. The second-order valence-corrected chi connectivity index (χ2v) is 5.23. The summed E-state index contributed by atoms with van der Waals surface area (Å²) in [6, 6.07) is 4.16. The first-order chi connectivity index (χ1) is 10.5. The second-order valence-electron chi connectivity index (χ2n) is 4.83. The zero-order valence-electron chi connectivity index (χ0n) is 12.8. The first kappa shape index (κ1) is 18.4. The molecule has 1 unspecified atom stereocenters. The molecule has 0 saturated heterocycles. The molecule has 1 rings (SSSR count). The van der Waals surface area contributed by atoms with Gasteiger partial charge in [0.2, 0.25) is 5.91 Å². The second kappa shape index (κ2) is 9.40. The lowest BCUT2D eigenvalue weighted by molar-refractivity contribution is -0.117. The van der Waals surface area contributed by atoms with Crippen LogP contribution in [0.3, 0.4) is 0 Å². The van der Waals surface area contributed by atoms with Crippen molar-refractivity contribution < 1.29 is 14.3 Å². The number of methoxy groups -OCH3 is 1. The summed E-state index contributed by atoms with van der Waals surface area (Å²) in [5, 5.41) is 5.63. The van der Waals surface area contributed by atoms with Gasteiger partial charge in [0.15, 0.2) is 0 Å². The van der Waals surface area contributed by atoms with Crippen molar-refractivity contribution in [2.24, 2.45) is 5.73 Å². The molecule has 2 amide bonds. The third-order valence-corrected chi connectivity index (χ3v) is 3.32. The van der Waals surface area contributed by atoms with E-state index in [4.69, 9.17) is 22.1 Å². The summed E-state index contributed by atoms with van der Waals surface area (Å²) in [6.07, 6.45) is 1.44. The molecule has 0 heterocycles. The summed E-state index contributed by atoms with van der Waals surface area (Å²) < 4.78 is 4.86. The highest BCUT2D eigenvalue weighted by Gasteiger charge is 2.14. The molecule has 0 saturated carbocycles. The van der Waals surface area contributed by atoms with E-state index in [0.29, 0.717) is 30.8 Å². The maximum atomic E-state index is 11.9. The van der Waals surface area contributed by atoms with Gasteiger partial charge in [-0.1, -0.05) is 24.9 Å². The van der Waals surface area contributed by atoms with Crippen LogP contribution in [0.15, 0.2) is 18.2 Å². The minimum absolute atomic E-state index is 0.261. The van der Waals surface area contributed by atoms with E-state index in [-0.39, 0.29) is 16.8 Å². The van der Waals surface area contributed by atoms with Gasteiger partial charge in [0.05, 0.1) is 23.2 Å². The Bertz CT molecular complexity index is 523. The summed E-state index contributed by atoms with van der Waals surface area (Å²) >= 11 is 6.09. The lowest BCUT2D eigenvalue weighted by atomic mass is 10.1. The van der Waals surface area contributed by atoms with Gasteiger partial charge in [0, 0.05) is 19.3 Å². The average Bonchev–Trinajstić information content (AvgIpc) is 2.47. The minimum atomic E-state index is -0.555. The van der Waals surface area contributed by atoms with Gasteiger partial charge in [0.25, 0.3) is 5.91 Å². The first-order valence-corrected chi connectivity index (χ1v) is 7.50. The molecule has 0 radical (unpaired) electrons. The Kier molecular flexibility index (Phi) is 7.87. The summed E-state index contributed by atoms with van der Waals surface area (Å²) in [5.41, 5.74) is 6.59. The van der Waals surface area contributed by atoms with Gasteiger partial charge in [-0.3, -0.25) is 9.59 Å². The maximum absolute atomic E-state index is 11.9. The number of hydrogen-bond donors (Lipinski definition) is 3. The highest BCUT2D eigenvalue weighted by Crippen LogP contribution is 2.21. The van der Waals surface area contributed by atoms with Gasteiger partial charge >= 0.3 is 0 Å². The molecule has 0 spiro atoms. The highest BCUT2D eigenvalue weighted by molar-refractivity contribution is 6.34. The number of rotatable bonds is 8. The normalized spacial score (nSPS) is 11.8. The average molecular weight is 328 g/mol. The molecular formula is C15H22ClN3O3. The first-order valence-electron chi connectivity index (χ1n) is 7.12. The van der Waals surface area contributed by atoms with Crippen LogP contribution in [0.1, 0.15) is 30.1 Å². The topological polar surface area (TPSA) is 93.5 Å². The number of nitrogens with two attached hydrogens (primary N) is 1. The molecule has 1 atom stereocenters. The van der Waals surface area contributed by atoms with Crippen LogP contribution >= 0.6 is 11.6 Å². The molecule has 1 aromatic rings. The van der Waals surface area contributed by atoms with Crippen molar-refractivity contribution in [2.45, 2.75) is 25.8 Å². The van der Waals surface area contributed by atoms with Crippen LogP contribution in [0.2, 0.25) is 5.02 Å². The third-order valence-electron chi connectivity index (χ3n) is 3.01. The zero-order chi connectivity index (χ0) is 16.5. The number of ether oxygens (including phenoxy) is 1. The van der Waals surface area contributed by atoms with Crippen LogP contribution in [-0.4, -0.2) is 38.1 Å². The van der Waals surface area contributed by atoms with Crippen LogP contribution in [-0.2, 0) is 9.53 Å². The Morgan fingerprint density at radius 3 is 2.73 bits per heavy atom. The van der Waals surface area contributed by atoms with Crippen molar-refractivity contribution in [1.29, 1.82) is 0 Å². The van der Waals surface area contributed by atoms with Crippen molar-refractivity contribution in [3.05, 3.63) is 28.8 Å². The molecular weight excluding hydrogens is 306 g/mol. The van der Waals surface area contributed by atoms with Crippen LogP contribution in [0.5, 0.6) is 0 Å². The van der Waals surface area contributed by atoms with Gasteiger partial charge in [-0.05, 0) is 24.6 Å². The Morgan fingerprint density at radius 2 is 2.14 bits per heavy atom. The van der Waals surface area contributed by atoms with E-state index < -0.39 is 6.04 Å². The number of carbonyl (C=O) groups is 2. The predicted molar refractivity (Wildman–Crippen MR) is 87.2 cm³/mol. The van der Waals surface area contributed by atoms with Gasteiger partial charge < -0.3 is 21.1 Å².